The largest absolute Gasteiger partial charge is 0.480 e. The number of amides is 2. The maximum atomic E-state index is 12.5. The van der Waals surface area contributed by atoms with Crippen molar-refractivity contribution in [3.8, 4) is 0 Å². The third-order valence-electron chi connectivity index (χ3n) is 4.84. The van der Waals surface area contributed by atoms with Crippen molar-refractivity contribution in [2.45, 2.75) is 37.8 Å². The molecule has 1 saturated carbocycles. The Morgan fingerprint density at radius 1 is 1.05 bits per heavy atom. The highest BCUT2D eigenvalue weighted by Gasteiger charge is 2.38. The lowest BCUT2D eigenvalue weighted by Crippen LogP contribution is -2.56. The van der Waals surface area contributed by atoms with Gasteiger partial charge in [0, 0.05) is 38.0 Å². The van der Waals surface area contributed by atoms with E-state index in [1.54, 1.807) is 0 Å². The minimum atomic E-state index is -0.891. The first-order chi connectivity index (χ1) is 10.2. The van der Waals surface area contributed by atoms with E-state index in [0.717, 1.165) is 26.2 Å². The minimum absolute atomic E-state index is 0.0986. The van der Waals surface area contributed by atoms with Gasteiger partial charge in [-0.05, 0) is 12.8 Å². The minimum Gasteiger partial charge on any atom is -0.480 e. The highest BCUT2D eigenvalue weighted by Crippen LogP contribution is 2.26. The molecule has 0 aromatic carbocycles. The zero-order valence-electron chi connectivity index (χ0n) is 12.2. The van der Waals surface area contributed by atoms with Crippen molar-refractivity contribution in [3.05, 3.63) is 0 Å². The highest BCUT2D eigenvalue weighted by atomic mass is 32.2. The SMILES string of the molecule is O=C(O)[C@@H]1CSCN1C(=O)N1CCN(C2CCCC2)CC1. The topological polar surface area (TPSA) is 64.1 Å². The molecule has 2 heterocycles. The molecule has 1 N–H and O–H groups in total. The molecule has 0 radical (unpaired) electrons. The van der Waals surface area contributed by atoms with Gasteiger partial charge in [0.05, 0.1) is 5.88 Å². The second kappa shape index (κ2) is 6.44. The zero-order valence-corrected chi connectivity index (χ0v) is 13.1. The van der Waals surface area contributed by atoms with Crippen molar-refractivity contribution >= 4 is 23.8 Å². The van der Waals surface area contributed by atoms with Gasteiger partial charge in [-0.15, -0.1) is 11.8 Å². The summed E-state index contributed by atoms with van der Waals surface area (Å²) < 4.78 is 0. The number of carbonyl (C=O) groups excluding carboxylic acids is 1. The fraction of sp³-hybridized carbons (Fsp3) is 0.857. The fourth-order valence-electron chi connectivity index (χ4n) is 3.57. The molecule has 2 amide bonds. The molecule has 3 rings (SSSR count). The number of carboxylic acid groups (broad SMARTS) is 1. The van der Waals surface area contributed by atoms with Crippen LogP contribution in [-0.2, 0) is 4.79 Å². The summed E-state index contributed by atoms with van der Waals surface area (Å²) in [5.41, 5.74) is 0. The predicted molar refractivity (Wildman–Crippen MR) is 81.4 cm³/mol. The van der Waals surface area contributed by atoms with E-state index in [0.29, 0.717) is 17.7 Å². The number of piperazine rings is 1. The standard InChI is InChI=1S/C14H23N3O3S/c18-13(19)12-9-21-10-17(12)14(20)16-7-5-15(6-8-16)11-3-1-2-4-11/h11-12H,1-10H2,(H,18,19)/t12-/m0/s1. The van der Waals surface area contributed by atoms with E-state index >= 15 is 0 Å². The molecule has 118 valence electrons. The van der Waals surface area contributed by atoms with Crippen molar-refractivity contribution < 1.29 is 14.7 Å². The molecule has 3 fully saturated rings. The fourth-order valence-corrected chi connectivity index (χ4v) is 4.70. The Labute approximate surface area is 129 Å². The third kappa shape index (κ3) is 3.13. The number of rotatable bonds is 2. The Hall–Kier alpha value is -0.950. The van der Waals surface area contributed by atoms with Crippen molar-refractivity contribution in [2.24, 2.45) is 0 Å². The molecule has 0 aromatic heterocycles. The van der Waals surface area contributed by atoms with Crippen LogP contribution in [0.3, 0.4) is 0 Å². The monoisotopic (exact) mass is 313 g/mol. The van der Waals surface area contributed by atoms with E-state index in [9.17, 15) is 14.7 Å². The van der Waals surface area contributed by atoms with Crippen LogP contribution in [0.1, 0.15) is 25.7 Å². The van der Waals surface area contributed by atoms with Gasteiger partial charge in [0.25, 0.3) is 0 Å². The Bertz CT molecular complexity index is 406. The number of nitrogens with zero attached hydrogens (tertiary/aromatic N) is 3. The smallest absolute Gasteiger partial charge is 0.327 e. The van der Waals surface area contributed by atoms with Crippen molar-refractivity contribution in [1.82, 2.24) is 14.7 Å². The Morgan fingerprint density at radius 2 is 1.71 bits per heavy atom. The zero-order chi connectivity index (χ0) is 14.8. The molecule has 7 heteroatoms. The van der Waals surface area contributed by atoms with Gasteiger partial charge in [0.2, 0.25) is 0 Å². The van der Waals surface area contributed by atoms with E-state index in [2.05, 4.69) is 4.90 Å². The summed E-state index contributed by atoms with van der Waals surface area (Å²) in [6.45, 7) is 3.30. The third-order valence-corrected chi connectivity index (χ3v) is 5.85. The summed E-state index contributed by atoms with van der Waals surface area (Å²) in [5, 5.41) is 9.18. The van der Waals surface area contributed by atoms with Gasteiger partial charge in [-0.25, -0.2) is 9.59 Å². The van der Waals surface area contributed by atoms with Crippen LogP contribution in [0.15, 0.2) is 0 Å². The van der Waals surface area contributed by atoms with E-state index in [4.69, 9.17) is 0 Å². The maximum absolute atomic E-state index is 12.5. The second-order valence-corrected chi connectivity index (χ2v) is 7.07. The first kappa shape index (κ1) is 15.0. The Morgan fingerprint density at radius 3 is 2.33 bits per heavy atom. The van der Waals surface area contributed by atoms with Crippen LogP contribution in [0.5, 0.6) is 0 Å². The second-order valence-electron chi connectivity index (χ2n) is 6.07. The van der Waals surface area contributed by atoms with Crippen LogP contribution in [-0.4, -0.2) is 81.7 Å². The lowest BCUT2D eigenvalue weighted by Gasteiger charge is -2.39. The molecule has 1 aliphatic carbocycles. The average molecular weight is 313 g/mol. The van der Waals surface area contributed by atoms with Gasteiger partial charge in [-0.2, -0.15) is 0 Å². The molecule has 0 aromatic rings. The molecule has 21 heavy (non-hydrogen) atoms. The summed E-state index contributed by atoms with van der Waals surface area (Å²) >= 11 is 1.52. The Balaban J connectivity index is 1.54. The van der Waals surface area contributed by atoms with Gasteiger partial charge in [0.15, 0.2) is 0 Å². The van der Waals surface area contributed by atoms with Crippen LogP contribution in [0, 0.1) is 0 Å². The molecule has 1 atom stereocenters. The molecule has 2 aliphatic heterocycles. The molecule has 0 bridgehead atoms. The molecule has 2 saturated heterocycles. The van der Waals surface area contributed by atoms with Gasteiger partial charge >= 0.3 is 12.0 Å². The molecular formula is C14H23N3O3S. The van der Waals surface area contributed by atoms with Gasteiger partial charge in [-0.1, -0.05) is 12.8 Å². The number of carbonyl (C=O) groups is 2. The molecule has 6 nitrogen and oxygen atoms in total. The molecule has 3 aliphatic rings. The van der Waals surface area contributed by atoms with Crippen LogP contribution >= 0.6 is 11.8 Å². The Kier molecular flexibility index (Phi) is 4.59. The molecule has 0 unspecified atom stereocenters. The van der Waals surface area contributed by atoms with Crippen LogP contribution in [0.25, 0.3) is 0 Å². The number of aliphatic carboxylic acids is 1. The summed E-state index contributed by atoms with van der Waals surface area (Å²) in [4.78, 5) is 29.5. The van der Waals surface area contributed by atoms with Gasteiger partial charge in [-0.3, -0.25) is 4.90 Å². The maximum Gasteiger partial charge on any atom is 0.327 e. The number of hydrogen-bond acceptors (Lipinski definition) is 4. The first-order valence-electron chi connectivity index (χ1n) is 7.77. The van der Waals surface area contributed by atoms with Crippen molar-refractivity contribution in [1.29, 1.82) is 0 Å². The predicted octanol–water partition coefficient (Wildman–Crippen LogP) is 1.13. The van der Waals surface area contributed by atoms with Crippen molar-refractivity contribution in [3.63, 3.8) is 0 Å². The van der Waals surface area contributed by atoms with Crippen LogP contribution in [0.4, 0.5) is 4.79 Å². The quantitative estimate of drug-likeness (QED) is 0.828. The summed E-state index contributed by atoms with van der Waals surface area (Å²) in [6, 6.07) is -0.0507. The number of urea groups is 1. The lowest BCUT2D eigenvalue weighted by molar-refractivity contribution is -0.141. The molecule has 0 spiro atoms. The first-order valence-corrected chi connectivity index (χ1v) is 8.92. The van der Waals surface area contributed by atoms with Gasteiger partial charge < -0.3 is 14.9 Å². The molecular weight excluding hydrogens is 290 g/mol. The summed E-state index contributed by atoms with van der Waals surface area (Å²) in [6.07, 6.45) is 5.24. The van der Waals surface area contributed by atoms with E-state index in [-0.39, 0.29) is 6.03 Å². The average Bonchev–Trinajstić information content (AvgIpc) is 3.18. The van der Waals surface area contributed by atoms with E-state index in [1.807, 2.05) is 4.90 Å². The summed E-state index contributed by atoms with van der Waals surface area (Å²) in [5.74, 6) is 0.111. The summed E-state index contributed by atoms with van der Waals surface area (Å²) in [7, 11) is 0. The highest BCUT2D eigenvalue weighted by molar-refractivity contribution is 7.99. The van der Waals surface area contributed by atoms with Gasteiger partial charge in [0.1, 0.15) is 6.04 Å². The van der Waals surface area contributed by atoms with Crippen LogP contribution in [0.2, 0.25) is 0 Å². The van der Waals surface area contributed by atoms with E-state index < -0.39 is 12.0 Å². The normalized spacial score (nSPS) is 28.3. The number of carboxylic acids is 1. The van der Waals surface area contributed by atoms with Crippen molar-refractivity contribution in [2.75, 3.05) is 37.8 Å². The lowest BCUT2D eigenvalue weighted by atomic mass is 10.2. The van der Waals surface area contributed by atoms with Crippen LogP contribution < -0.4 is 0 Å². The number of hydrogen-bond donors (Lipinski definition) is 1. The number of thioether (sulfide) groups is 1. The van der Waals surface area contributed by atoms with E-state index in [1.165, 1.54) is 42.3 Å².